The van der Waals surface area contributed by atoms with Crippen LogP contribution < -0.4 is 0 Å². The highest BCUT2D eigenvalue weighted by molar-refractivity contribution is 5.32. The fraction of sp³-hybridized carbons (Fsp3) is 0.400. The third-order valence-electron chi connectivity index (χ3n) is 4.67. The van der Waals surface area contributed by atoms with Gasteiger partial charge < -0.3 is 10.0 Å². The van der Waals surface area contributed by atoms with E-state index in [0.29, 0.717) is 5.92 Å². The molecule has 1 aliphatic heterocycles. The van der Waals surface area contributed by atoms with E-state index < -0.39 is 5.60 Å². The van der Waals surface area contributed by atoms with Crippen LogP contribution in [-0.4, -0.2) is 35.2 Å². The Kier molecular flexibility index (Phi) is 4.60. The molecular weight excluding hydrogens is 270 g/mol. The van der Waals surface area contributed by atoms with Crippen molar-refractivity contribution in [1.29, 1.82) is 0 Å². The zero-order valence-electron chi connectivity index (χ0n) is 13.3. The Morgan fingerprint density at radius 3 is 2.00 bits per heavy atom. The number of benzene rings is 2. The van der Waals surface area contributed by atoms with Gasteiger partial charge in [0.2, 0.25) is 0 Å². The van der Waals surface area contributed by atoms with E-state index in [4.69, 9.17) is 0 Å². The van der Waals surface area contributed by atoms with Gasteiger partial charge in [-0.25, -0.2) is 0 Å². The van der Waals surface area contributed by atoms with Crippen molar-refractivity contribution in [3.63, 3.8) is 0 Å². The van der Waals surface area contributed by atoms with Crippen molar-refractivity contribution in [2.75, 3.05) is 19.6 Å². The predicted octanol–water partition coefficient (Wildman–Crippen LogP) is 3.67. The quantitative estimate of drug-likeness (QED) is 0.910. The zero-order valence-corrected chi connectivity index (χ0v) is 13.3. The number of aliphatic hydroxyl groups is 1. The van der Waals surface area contributed by atoms with Gasteiger partial charge in [0.05, 0.1) is 5.60 Å². The molecule has 0 unspecified atom stereocenters. The van der Waals surface area contributed by atoms with Gasteiger partial charge in [-0.05, 0) is 37.4 Å². The van der Waals surface area contributed by atoms with E-state index in [1.807, 2.05) is 6.92 Å². The average Bonchev–Trinajstić information content (AvgIpc) is 2.89. The number of hydrogen-bond acceptors (Lipinski definition) is 2. The van der Waals surface area contributed by atoms with Gasteiger partial charge in [0.25, 0.3) is 0 Å². The summed E-state index contributed by atoms with van der Waals surface area (Å²) in [5.41, 5.74) is 2.24. The molecule has 0 amide bonds. The van der Waals surface area contributed by atoms with Crippen molar-refractivity contribution in [1.82, 2.24) is 4.90 Å². The summed E-state index contributed by atoms with van der Waals surface area (Å²) >= 11 is 0. The third-order valence-corrected chi connectivity index (χ3v) is 4.67. The summed E-state index contributed by atoms with van der Waals surface area (Å²) in [7, 11) is 0. The molecule has 2 nitrogen and oxygen atoms in total. The lowest BCUT2D eigenvalue weighted by Gasteiger charge is -2.23. The summed E-state index contributed by atoms with van der Waals surface area (Å²) in [5, 5.41) is 10.1. The van der Waals surface area contributed by atoms with Gasteiger partial charge in [0, 0.05) is 19.0 Å². The van der Waals surface area contributed by atoms with Gasteiger partial charge in [0.15, 0.2) is 0 Å². The van der Waals surface area contributed by atoms with Crippen LogP contribution in [-0.2, 0) is 0 Å². The van der Waals surface area contributed by atoms with Crippen molar-refractivity contribution in [2.45, 2.75) is 31.3 Å². The van der Waals surface area contributed by atoms with Crippen molar-refractivity contribution < 1.29 is 5.11 Å². The van der Waals surface area contributed by atoms with Crippen LogP contribution in [0.15, 0.2) is 60.7 Å². The van der Waals surface area contributed by atoms with E-state index in [2.05, 4.69) is 65.6 Å². The lowest BCUT2D eigenvalue weighted by molar-refractivity contribution is 0.0685. The summed E-state index contributed by atoms with van der Waals surface area (Å²) in [6.07, 6.45) is 1.97. The maximum absolute atomic E-state index is 10.1. The highest BCUT2D eigenvalue weighted by atomic mass is 16.3. The number of likely N-dealkylation sites (tertiary alicyclic amines) is 1. The fourth-order valence-electron chi connectivity index (χ4n) is 3.44. The first-order valence-corrected chi connectivity index (χ1v) is 8.19. The Bertz CT molecular complexity index is 540. The van der Waals surface area contributed by atoms with Gasteiger partial charge in [0.1, 0.15) is 0 Å². The summed E-state index contributed by atoms with van der Waals surface area (Å²) in [4.78, 5) is 2.39. The Morgan fingerprint density at radius 1 is 1.00 bits per heavy atom. The summed E-state index contributed by atoms with van der Waals surface area (Å²) < 4.78 is 0. The van der Waals surface area contributed by atoms with Gasteiger partial charge in [-0.15, -0.1) is 0 Å². The van der Waals surface area contributed by atoms with Crippen LogP contribution >= 0.6 is 0 Å². The van der Waals surface area contributed by atoms with Crippen LogP contribution in [0.4, 0.5) is 0 Å². The Balaban J connectivity index is 1.73. The molecule has 2 aromatic carbocycles. The van der Waals surface area contributed by atoms with E-state index in [-0.39, 0.29) is 0 Å². The van der Waals surface area contributed by atoms with Crippen molar-refractivity contribution >= 4 is 0 Å². The second-order valence-electron chi connectivity index (χ2n) is 6.69. The Hall–Kier alpha value is -1.64. The Labute approximate surface area is 133 Å². The van der Waals surface area contributed by atoms with Gasteiger partial charge in [-0.3, -0.25) is 0 Å². The van der Waals surface area contributed by atoms with Crippen molar-refractivity contribution in [3.05, 3.63) is 71.8 Å². The number of hydrogen-bond donors (Lipinski definition) is 1. The molecule has 116 valence electrons. The first-order chi connectivity index (χ1) is 10.6. The zero-order chi connectivity index (χ0) is 15.4. The predicted molar refractivity (Wildman–Crippen MR) is 91.0 cm³/mol. The normalized spacial score (nSPS) is 22.3. The number of β-amino-alcohol motifs (C(OH)–C–C–N with tert-alkyl or cyclic N) is 1. The maximum Gasteiger partial charge on any atom is 0.0758 e. The molecule has 1 fully saturated rings. The molecule has 0 bridgehead atoms. The van der Waals surface area contributed by atoms with Crippen LogP contribution in [0.2, 0.25) is 0 Å². The van der Waals surface area contributed by atoms with Crippen molar-refractivity contribution in [2.24, 2.45) is 0 Å². The molecule has 1 atom stereocenters. The van der Waals surface area contributed by atoms with Gasteiger partial charge >= 0.3 is 0 Å². The molecule has 22 heavy (non-hydrogen) atoms. The SMILES string of the molecule is C[C@]1(O)CCN(CCC(c2ccccc2)c2ccccc2)C1. The van der Waals surface area contributed by atoms with Crippen LogP contribution in [0, 0.1) is 0 Å². The molecule has 1 saturated heterocycles. The fourth-order valence-corrected chi connectivity index (χ4v) is 3.44. The van der Waals surface area contributed by atoms with Crippen LogP contribution in [0.1, 0.15) is 36.8 Å². The molecule has 2 heteroatoms. The molecule has 0 aliphatic carbocycles. The van der Waals surface area contributed by atoms with Crippen LogP contribution in [0.3, 0.4) is 0 Å². The average molecular weight is 295 g/mol. The smallest absolute Gasteiger partial charge is 0.0758 e. The topological polar surface area (TPSA) is 23.5 Å². The summed E-state index contributed by atoms with van der Waals surface area (Å²) in [5.74, 6) is 0.424. The molecule has 0 aromatic heterocycles. The second-order valence-corrected chi connectivity index (χ2v) is 6.69. The highest BCUT2D eigenvalue weighted by Crippen LogP contribution is 2.29. The van der Waals surface area contributed by atoms with Crippen LogP contribution in [0.25, 0.3) is 0 Å². The molecular formula is C20H25NO. The highest BCUT2D eigenvalue weighted by Gasteiger charge is 2.31. The van der Waals surface area contributed by atoms with E-state index in [1.165, 1.54) is 11.1 Å². The monoisotopic (exact) mass is 295 g/mol. The summed E-state index contributed by atoms with van der Waals surface area (Å²) in [6.45, 7) is 4.77. The largest absolute Gasteiger partial charge is 0.389 e. The Morgan fingerprint density at radius 2 is 1.55 bits per heavy atom. The van der Waals surface area contributed by atoms with Crippen molar-refractivity contribution in [3.8, 4) is 0 Å². The molecule has 1 aliphatic rings. The number of nitrogens with zero attached hydrogens (tertiary/aromatic N) is 1. The third kappa shape index (κ3) is 3.76. The molecule has 3 rings (SSSR count). The second kappa shape index (κ2) is 6.64. The van der Waals surface area contributed by atoms with E-state index in [0.717, 1.165) is 32.5 Å². The van der Waals surface area contributed by atoms with E-state index in [1.54, 1.807) is 0 Å². The number of rotatable bonds is 5. The first kappa shape index (κ1) is 15.3. The summed E-state index contributed by atoms with van der Waals surface area (Å²) in [6, 6.07) is 21.5. The first-order valence-electron chi connectivity index (χ1n) is 8.19. The van der Waals surface area contributed by atoms with E-state index in [9.17, 15) is 5.11 Å². The standard InChI is InChI=1S/C20H25NO/c1-20(22)13-15-21(16-20)14-12-19(17-8-4-2-5-9-17)18-10-6-3-7-11-18/h2-11,19,22H,12-16H2,1H3/t20-/m0/s1. The lowest BCUT2D eigenvalue weighted by atomic mass is 9.88. The van der Waals surface area contributed by atoms with Crippen LogP contribution in [0.5, 0.6) is 0 Å². The van der Waals surface area contributed by atoms with Gasteiger partial charge in [-0.2, -0.15) is 0 Å². The molecule has 2 aromatic rings. The molecule has 0 radical (unpaired) electrons. The molecule has 1 N–H and O–H groups in total. The van der Waals surface area contributed by atoms with E-state index >= 15 is 0 Å². The minimum atomic E-state index is -0.505. The molecule has 1 heterocycles. The van der Waals surface area contributed by atoms with Gasteiger partial charge in [-0.1, -0.05) is 60.7 Å². The molecule has 0 spiro atoms. The molecule has 0 saturated carbocycles. The minimum absolute atomic E-state index is 0.424. The maximum atomic E-state index is 10.1. The minimum Gasteiger partial charge on any atom is -0.389 e. The lowest BCUT2D eigenvalue weighted by Crippen LogP contribution is -2.30.